The Morgan fingerprint density at radius 1 is 1.11 bits per heavy atom. The highest BCUT2D eigenvalue weighted by Gasteiger charge is 2.32. The maximum atomic E-state index is 6.15. The number of rotatable bonds is 3. The molecule has 0 bridgehead atoms. The van der Waals surface area contributed by atoms with Gasteiger partial charge in [0.2, 0.25) is 18.2 Å². The fraction of sp³-hybridized carbons (Fsp3) is 0.300. The smallest absolute Gasteiger partial charge is 0.222 e. The number of aliphatic imine (C=N–C) groups is 2. The molecule has 2 aromatic rings. The predicted molar refractivity (Wildman–Crippen MR) is 120 cm³/mol. The Kier molecular flexibility index (Phi) is 6.31. The summed E-state index contributed by atoms with van der Waals surface area (Å²) in [6.45, 7) is 4.02. The average Bonchev–Trinajstić information content (AvgIpc) is 3.16. The van der Waals surface area contributed by atoms with Gasteiger partial charge in [-0.15, -0.1) is 12.4 Å². The second-order valence-electron chi connectivity index (χ2n) is 6.83. The number of hydrogen-bond donors (Lipinski definition) is 2. The molecule has 2 aliphatic rings. The Hall–Kier alpha value is -2.44. The number of hydrogen-bond acceptors (Lipinski definition) is 6. The van der Waals surface area contributed by atoms with E-state index in [1.165, 1.54) is 5.56 Å². The molecule has 28 heavy (non-hydrogen) atoms. The van der Waals surface area contributed by atoms with Gasteiger partial charge in [-0.2, -0.15) is 4.99 Å². The van der Waals surface area contributed by atoms with Crippen molar-refractivity contribution in [3.05, 3.63) is 59.1 Å². The first-order chi connectivity index (χ1) is 13.1. The quantitative estimate of drug-likeness (QED) is 0.788. The van der Waals surface area contributed by atoms with Gasteiger partial charge in [0.05, 0.1) is 0 Å². The normalized spacial score (nSPS) is 19.0. The fourth-order valence-electron chi connectivity index (χ4n) is 3.48. The van der Waals surface area contributed by atoms with Crippen LogP contribution < -0.4 is 16.0 Å². The van der Waals surface area contributed by atoms with Gasteiger partial charge in [0.25, 0.3) is 0 Å². The van der Waals surface area contributed by atoms with Crippen molar-refractivity contribution in [1.29, 1.82) is 0 Å². The average molecular weight is 419 g/mol. The molecule has 2 aliphatic heterocycles. The number of aryl methyl sites for hydroxylation is 1. The maximum absolute atomic E-state index is 6.15. The van der Waals surface area contributed by atoms with Crippen molar-refractivity contribution in [3.63, 3.8) is 0 Å². The third-order valence-corrected chi connectivity index (χ3v) is 4.95. The lowest BCUT2D eigenvalue weighted by Crippen LogP contribution is -2.54. The number of nitrogens with zero attached hydrogens (tertiary/aromatic N) is 4. The molecule has 0 aromatic heterocycles. The Morgan fingerprint density at radius 2 is 1.86 bits per heavy atom. The third kappa shape index (κ3) is 4.34. The largest absolute Gasteiger partial charge is 0.368 e. The Bertz CT molecular complexity index is 892. The SMILES string of the molecule is Cc1cccc(N2C(N3CCCC3)=NC(N)=NC2Nc2cccc(Cl)c2)c1.Cl. The van der Waals surface area contributed by atoms with E-state index in [4.69, 9.17) is 17.3 Å². The van der Waals surface area contributed by atoms with Crippen LogP contribution in [0.15, 0.2) is 58.5 Å². The van der Waals surface area contributed by atoms with Crippen LogP contribution in [0.5, 0.6) is 0 Å². The first kappa shape index (κ1) is 20.3. The minimum absolute atomic E-state index is 0. The maximum Gasteiger partial charge on any atom is 0.222 e. The summed E-state index contributed by atoms with van der Waals surface area (Å²) in [6.07, 6.45) is 1.91. The topological polar surface area (TPSA) is 69.2 Å². The summed E-state index contributed by atoms with van der Waals surface area (Å²) in [6, 6.07) is 15.9. The van der Waals surface area contributed by atoms with E-state index >= 15 is 0 Å². The molecule has 0 radical (unpaired) electrons. The summed E-state index contributed by atoms with van der Waals surface area (Å²) in [5.74, 6) is 1.12. The van der Waals surface area contributed by atoms with E-state index < -0.39 is 6.29 Å². The van der Waals surface area contributed by atoms with Crippen molar-refractivity contribution < 1.29 is 0 Å². The van der Waals surface area contributed by atoms with E-state index in [1.54, 1.807) is 0 Å². The fourth-order valence-corrected chi connectivity index (χ4v) is 3.67. The lowest BCUT2D eigenvalue weighted by atomic mass is 10.2. The first-order valence-electron chi connectivity index (χ1n) is 9.15. The molecule has 2 aromatic carbocycles. The van der Waals surface area contributed by atoms with Gasteiger partial charge in [0.15, 0.2) is 0 Å². The van der Waals surface area contributed by atoms with Gasteiger partial charge in [-0.1, -0.05) is 29.8 Å². The zero-order valence-electron chi connectivity index (χ0n) is 15.7. The van der Waals surface area contributed by atoms with E-state index in [9.17, 15) is 0 Å². The Balaban J connectivity index is 0.00000225. The number of anilines is 2. The predicted octanol–water partition coefficient (Wildman–Crippen LogP) is 4.05. The third-order valence-electron chi connectivity index (χ3n) is 4.72. The van der Waals surface area contributed by atoms with Crippen LogP contribution in [0.25, 0.3) is 0 Å². The number of guanidine groups is 2. The van der Waals surface area contributed by atoms with Crippen LogP contribution in [0.1, 0.15) is 18.4 Å². The summed E-state index contributed by atoms with van der Waals surface area (Å²) in [5.41, 5.74) is 9.16. The van der Waals surface area contributed by atoms with E-state index in [0.717, 1.165) is 43.3 Å². The van der Waals surface area contributed by atoms with E-state index in [0.29, 0.717) is 5.02 Å². The first-order valence-corrected chi connectivity index (χ1v) is 9.53. The lowest BCUT2D eigenvalue weighted by Gasteiger charge is -2.38. The molecular weight excluding hydrogens is 395 g/mol. The zero-order valence-corrected chi connectivity index (χ0v) is 17.2. The molecule has 8 heteroatoms. The Labute approximate surface area is 176 Å². The van der Waals surface area contributed by atoms with Crippen molar-refractivity contribution in [2.45, 2.75) is 26.1 Å². The number of benzene rings is 2. The summed E-state index contributed by atoms with van der Waals surface area (Å²) < 4.78 is 0. The van der Waals surface area contributed by atoms with Crippen LogP contribution >= 0.6 is 24.0 Å². The molecule has 0 spiro atoms. The van der Waals surface area contributed by atoms with Crippen LogP contribution in [0.3, 0.4) is 0 Å². The van der Waals surface area contributed by atoms with Crippen molar-refractivity contribution in [2.24, 2.45) is 15.7 Å². The van der Waals surface area contributed by atoms with Crippen molar-refractivity contribution >= 4 is 47.3 Å². The van der Waals surface area contributed by atoms with Crippen LogP contribution in [0.2, 0.25) is 5.02 Å². The molecule has 6 nitrogen and oxygen atoms in total. The highest BCUT2D eigenvalue weighted by atomic mass is 35.5. The van der Waals surface area contributed by atoms with Gasteiger partial charge in [-0.3, -0.25) is 4.90 Å². The van der Waals surface area contributed by atoms with Crippen LogP contribution in [-0.4, -0.2) is 36.2 Å². The van der Waals surface area contributed by atoms with Gasteiger partial charge < -0.3 is 16.0 Å². The number of halogens is 2. The highest BCUT2D eigenvalue weighted by Crippen LogP contribution is 2.26. The van der Waals surface area contributed by atoms with Gasteiger partial charge >= 0.3 is 0 Å². The summed E-state index contributed by atoms with van der Waals surface area (Å²) in [4.78, 5) is 13.5. The minimum atomic E-state index is -0.404. The summed E-state index contributed by atoms with van der Waals surface area (Å²) >= 11 is 6.15. The van der Waals surface area contributed by atoms with Gasteiger partial charge in [0.1, 0.15) is 0 Å². The summed E-state index contributed by atoms with van der Waals surface area (Å²) in [7, 11) is 0. The van der Waals surface area contributed by atoms with Gasteiger partial charge in [0, 0.05) is 29.5 Å². The monoisotopic (exact) mass is 418 g/mol. The second kappa shape index (κ2) is 8.71. The van der Waals surface area contributed by atoms with Gasteiger partial charge in [-0.05, 0) is 55.7 Å². The summed E-state index contributed by atoms with van der Waals surface area (Å²) in [5, 5.41) is 4.11. The number of likely N-dealkylation sites (tertiary alicyclic amines) is 1. The minimum Gasteiger partial charge on any atom is -0.368 e. The number of nitrogens with two attached hydrogens (primary N) is 1. The lowest BCUT2D eigenvalue weighted by molar-refractivity contribution is 0.497. The molecular formula is C20H24Cl2N6. The van der Waals surface area contributed by atoms with E-state index in [2.05, 4.69) is 50.2 Å². The molecule has 0 saturated carbocycles. The number of nitrogens with one attached hydrogen (secondary N) is 1. The van der Waals surface area contributed by atoms with E-state index in [1.807, 2.05) is 30.3 Å². The molecule has 148 valence electrons. The second-order valence-corrected chi connectivity index (χ2v) is 7.27. The molecule has 1 saturated heterocycles. The van der Waals surface area contributed by atoms with Crippen LogP contribution in [0.4, 0.5) is 11.4 Å². The molecule has 4 rings (SSSR count). The Morgan fingerprint density at radius 3 is 2.57 bits per heavy atom. The highest BCUT2D eigenvalue weighted by molar-refractivity contribution is 6.30. The van der Waals surface area contributed by atoms with E-state index in [-0.39, 0.29) is 18.4 Å². The molecule has 3 N–H and O–H groups in total. The zero-order chi connectivity index (χ0) is 18.8. The van der Waals surface area contributed by atoms with Crippen molar-refractivity contribution in [2.75, 3.05) is 23.3 Å². The van der Waals surface area contributed by atoms with Gasteiger partial charge in [-0.25, -0.2) is 4.99 Å². The molecule has 1 unspecified atom stereocenters. The molecule has 2 heterocycles. The molecule has 0 amide bonds. The van der Waals surface area contributed by atoms with Crippen molar-refractivity contribution in [1.82, 2.24) is 4.90 Å². The van der Waals surface area contributed by atoms with Crippen LogP contribution in [0, 0.1) is 6.92 Å². The molecule has 1 fully saturated rings. The van der Waals surface area contributed by atoms with Crippen LogP contribution in [-0.2, 0) is 0 Å². The molecule has 1 atom stereocenters. The van der Waals surface area contributed by atoms with Crippen molar-refractivity contribution in [3.8, 4) is 0 Å². The standard InChI is InChI=1S/C20H23ClN6.ClH/c1-14-6-4-9-17(12-14)27-19(23-16-8-5-7-15(21)13-16)24-18(22)25-20(27)26-10-2-3-11-26;/h4-9,12-13,19,23H,2-3,10-11H2,1H3,(H2,22,24);1H. The molecule has 0 aliphatic carbocycles.